The van der Waals surface area contributed by atoms with Crippen molar-refractivity contribution in [2.45, 2.75) is 6.54 Å². The molecule has 140 valence electrons. The van der Waals surface area contributed by atoms with Crippen LogP contribution in [0.2, 0.25) is 5.02 Å². The average molecular weight is 388 g/mol. The molecule has 0 N–H and O–H groups in total. The van der Waals surface area contributed by atoms with E-state index in [0.29, 0.717) is 39.4 Å². The van der Waals surface area contributed by atoms with E-state index >= 15 is 0 Å². The molecule has 27 heavy (non-hydrogen) atoms. The third kappa shape index (κ3) is 4.20. The maximum Gasteiger partial charge on any atom is 0.254 e. The topological polar surface area (TPSA) is 77.7 Å². The van der Waals surface area contributed by atoms with Gasteiger partial charge < -0.3 is 18.9 Å². The van der Waals surface area contributed by atoms with Crippen molar-refractivity contribution in [2.24, 2.45) is 0 Å². The third-order valence-corrected chi connectivity index (χ3v) is 4.23. The molecule has 2 aromatic carbocycles. The van der Waals surface area contributed by atoms with Gasteiger partial charge in [0.1, 0.15) is 11.5 Å². The average Bonchev–Trinajstić information content (AvgIpc) is 3.15. The summed E-state index contributed by atoms with van der Waals surface area (Å²) in [6.45, 7) is 0.149. The van der Waals surface area contributed by atoms with E-state index < -0.39 is 0 Å². The van der Waals surface area contributed by atoms with Crippen molar-refractivity contribution < 1.29 is 18.8 Å². The van der Waals surface area contributed by atoms with Crippen LogP contribution in [0.3, 0.4) is 0 Å². The van der Waals surface area contributed by atoms with E-state index in [1.54, 1.807) is 37.4 Å². The first kappa shape index (κ1) is 18.7. The van der Waals surface area contributed by atoms with Gasteiger partial charge in [-0.15, -0.1) is 0 Å². The fourth-order valence-electron chi connectivity index (χ4n) is 2.50. The number of rotatable bonds is 6. The minimum absolute atomic E-state index is 0.149. The van der Waals surface area contributed by atoms with Crippen LogP contribution in [0.15, 0.2) is 47.0 Å². The Labute approximate surface area is 161 Å². The summed E-state index contributed by atoms with van der Waals surface area (Å²) in [4.78, 5) is 18.5. The molecule has 0 unspecified atom stereocenters. The number of amides is 1. The van der Waals surface area contributed by atoms with E-state index in [9.17, 15) is 4.79 Å². The zero-order chi connectivity index (χ0) is 19.4. The number of ether oxygens (including phenoxy) is 2. The van der Waals surface area contributed by atoms with Gasteiger partial charge in [0.2, 0.25) is 11.7 Å². The number of methoxy groups -OCH3 is 2. The molecule has 3 rings (SSSR count). The fourth-order valence-corrected chi connectivity index (χ4v) is 2.72. The minimum atomic E-state index is -0.232. The number of halogens is 1. The number of aromatic nitrogens is 2. The van der Waals surface area contributed by atoms with Crippen molar-refractivity contribution >= 4 is 17.5 Å². The molecule has 0 atom stereocenters. The monoisotopic (exact) mass is 387 g/mol. The molecule has 0 spiro atoms. The lowest BCUT2D eigenvalue weighted by Gasteiger charge is -2.16. The van der Waals surface area contributed by atoms with Crippen LogP contribution in [0, 0.1) is 0 Å². The molecule has 8 heteroatoms. The predicted molar refractivity (Wildman–Crippen MR) is 100 cm³/mol. The standard InChI is InChI=1S/C19H18ClN3O4/c1-23(19(24)12-8-13(25-2)10-14(9-12)26-3)11-17-21-18(22-27-17)15-6-4-5-7-16(15)20/h4-10H,11H2,1-3H3. The molecule has 1 aromatic heterocycles. The fraction of sp³-hybridized carbons (Fsp3) is 0.211. The van der Waals surface area contributed by atoms with Crippen LogP contribution < -0.4 is 9.47 Å². The zero-order valence-electron chi connectivity index (χ0n) is 15.1. The highest BCUT2D eigenvalue weighted by Crippen LogP contribution is 2.26. The van der Waals surface area contributed by atoms with Crippen molar-refractivity contribution in [1.29, 1.82) is 0 Å². The molecule has 0 fully saturated rings. The smallest absolute Gasteiger partial charge is 0.254 e. The van der Waals surface area contributed by atoms with Crippen LogP contribution >= 0.6 is 11.6 Å². The SMILES string of the molecule is COc1cc(OC)cc(C(=O)N(C)Cc2nc(-c3ccccc3Cl)no2)c1. The van der Waals surface area contributed by atoms with Crippen molar-refractivity contribution in [1.82, 2.24) is 15.0 Å². The molecular weight excluding hydrogens is 370 g/mol. The van der Waals surface area contributed by atoms with Crippen molar-refractivity contribution in [3.8, 4) is 22.9 Å². The molecule has 0 aliphatic heterocycles. The Hall–Kier alpha value is -3.06. The first-order valence-corrected chi connectivity index (χ1v) is 8.45. The van der Waals surface area contributed by atoms with Crippen LogP contribution in [0.1, 0.15) is 16.2 Å². The predicted octanol–water partition coefficient (Wildman–Crippen LogP) is 3.68. The van der Waals surface area contributed by atoms with Gasteiger partial charge >= 0.3 is 0 Å². The van der Waals surface area contributed by atoms with Crippen LogP contribution in [0.25, 0.3) is 11.4 Å². The molecule has 0 bridgehead atoms. The van der Waals surface area contributed by atoms with Crippen LogP contribution in [-0.4, -0.2) is 42.2 Å². The normalized spacial score (nSPS) is 10.5. The second-order valence-electron chi connectivity index (χ2n) is 5.75. The minimum Gasteiger partial charge on any atom is -0.497 e. The summed E-state index contributed by atoms with van der Waals surface area (Å²) in [5, 5.41) is 4.46. The van der Waals surface area contributed by atoms with Gasteiger partial charge in [-0.1, -0.05) is 28.9 Å². The zero-order valence-corrected chi connectivity index (χ0v) is 15.9. The van der Waals surface area contributed by atoms with Gasteiger partial charge in [-0.2, -0.15) is 4.98 Å². The first-order chi connectivity index (χ1) is 13.0. The van der Waals surface area contributed by atoms with Crippen molar-refractivity contribution in [3.05, 3.63) is 58.9 Å². The third-order valence-electron chi connectivity index (χ3n) is 3.90. The Kier molecular flexibility index (Phi) is 5.61. The summed E-state index contributed by atoms with van der Waals surface area (Å²) < 4.78 is 15.7. The lowest BCUT2D eigenvalue weighted by Crippen LogP contribution is -2.26. The highest BCUT2D eigenvalue weighted by atomic mass is 35.5. The molecule has 0 saturated heterocycles. The number of nitrogens with zero attached hydrogens (tertiary/aromatic N) is 3. The summed E-state index contributed by atoms with van der Waals surface area (Å²) in [6.07, 6.45) is 0. The molecule has 0 aliphatic rings. The van der Waals surface area contributed by atoms with Crippen LogP contribution in [-0.2, 0) is 6.54 Å². The van der Waals surface area contributed by atoms with Gasteiger partial charge in [-0.25, -0.2) is 0 Å². The van der Waals surface area contributed by atoms with Gasteiger partial charge in [0.15, 0.2) is 0 Å². The Balaban J connectivity index is 1.77. The number of carbonyl (C=O) groups excluding carboxylic acids is 1. The highest BCUT2D eigenvalue weighted by Gasteiger charge is 2.18. The van der Waals surface area contributed by atoms with E-state index in [1.807, 2.05) is 12.1 Å². The van der Waals surface area contributed by atoms with E-state index in [4.69, 9.17) is 25.6 Å². The lowest BCUT2D eigenvalue weighted by atomic mass is 10.1. The van der Waals surface area contributed by atoms with Crippen LogP contribution in [0.5, 0.6) is 11.5 Å². The Morgan fingerprint density at radius 2 is 1.81 bits per heavy atom. The Morgan fingerprint density at radius 1 is 1.15 bits per heavy atom. The maximum absolute atomic E-state index is 12.7. The second kappa shape index (κ2) is 8.09. The summed E-state index contributed by atoms with van der Waals surface area (Å²) in [6, 6.07) is 12.2. The summed E-state index contributed by atoms with van der Waals surface area (Å²) in [5.41, 5.74) is 1.10. The molecule has 3 aromatic rings. The van der Waals surface area contributed by atoms with Gasteiger partial charge in [-0.05, 0) is 24.3 Å². The highest BCUT2D eigenvalue weighted by molar-refractivity contribution is 6.33. The van der Waals surface area contributed by atoms with E-state index in [1.165, 1.54) is 19.1 Å². The Morgan fingerprint density at radius 3 is 2.44 bits per heavy atom. The molecule has 1 amide bonds. The number of hydrogen-bond donors (Lipinski definition) is 0. The summed E-state index contributed by atoms with van der Waals surface area (Å²) in [7, 11) is 4.70. The van der Waals surface area contributed by atoms with E-state index in [2.05, 4.69) is 10.1 Å². The molecule has 0 saturated carbocycles. The maximum atomic E-state index is 12.7. The second-order valence-corrected chi connectivity index (χ2v) is 6.16. The van der Waals surface area contributed by atoms with Crippen molar-refractivity contribution in [2.75, 3.05) is 21.3 Å². The van der Waals surface area contributed by atoms with Gasteiger partial charge in [0.05, 0.1) is 25.8 Å². The molecule has 1 heterocycles. The summed E-state index contributed by atoms with van der Waals surface area (Å²) in [5.74, 6) is 1.51. The Bertz CT molecular complexity index is 935. The number of benzene rings is 2. The van der Waals surface area contributed by atoms with Gasteiger partial charge in [0.25, 0.3) is 5.91 Å². The van der Waals surface area contributed by atoms with Gasteiger partial charge in [-0.3, -0.25) is 4.79 Å². The lowest BCUT2D eigenvalue weighted by molar-refractivity contribution is 0.0769. The van der Waals surface area contributed by atoms with Gasteiger partial charge in [0, 0.05) is 24.2 Å². The molecule has 7 nitrogen and oxygen atoms in total. The quantitative estimate of drug-likeness (QED) is 0.642. The number of carbonyl (C=O) groups is 1. The van der Waals surface area contributed by atoms with Crippen LogP contribution in [0.4, 0.5) is 0 Å². The summed E-state index contributed by atoms with van der Waals surface area (Å²) >= 11 is 6.15. The largest absolute Gasteiger partial charge is 0.497 e. The van der Waals surface area contributed by atoms with E-state index in [-0.39, 0.29) is 12.5 Å². The number of hydrogen-bond acceptors (Lipinski definition) is 6. The molecule has 0 aliphatic carbocycles. The molecule has 0 radical (unpaired) electrons. The molecular formula is C19H18ClN3O4. The van der Waals surface area contributed by atoms with Crippen molar-refractivity contribution in [3.63, 3.8) is 0 Å². The first-order valence-electron chi connectivity index (χ1n) is 8.08. The van der Waals surface area contributed by atoms with E-state index in [0.717, 1.165) is 0 Å².